The minimum atomic E-state index is 0.136. The van der Waals surface area contributed by atoms with Crippen molar-refractivity contribution in [3.8, 4) is 11.8 Å². The fourth-order valence-electron chi connectivity index (χ4n) is 2.10. The van der Waals surface area contributed by atoms with E-state index in [9.17, 15) is 0 Å². The molecule has 18 heavy (non-hydrogen) atoms. The van der Waals surface area contributed by atoms with E-state index in [1.807, 2.05) is 6.07 Å². The number of nitrogens with one attached hydrogen (secondary N) is 1. The molecule has 5 nitrogen and oxygen atoms in total. The van der Waals surface area contributed by atoms with Gasteiger partial charge in [-0.15, -0.1) is 0 Å². The Morgan fingerprint density at radius 1 is 1.44 bits per heavy atom. The highest BCUT2D eigenvalue weighted by molar-refractivity contribution is 5.81. The summed E-state index contributed by atoms with van der Waals surface area (Å²) in [5, 5.41) is 13.3. The largest absolute Gasteiger partial charge is 0.488 e. The van der Waals surface area contributed by atoms with Crippen molar-refractivity contribution in [1.82, 2.24) is 15.3 Å². The summed E-state index contributed by atoms with van der Waals surface area (Å²) in [6.07, 6.45) is 4.29. The van der Waals surface area contributed by atoms with Crippen LogP contribution >= 0.6 is 0 Å². The quantitative estimate of drug-likeness (QED) is 0.855. The van der Waals surface area contributed by atoms with Crippen LogP contribution in [0.4, 0.5) is 0 Å². The highest BCUT2D eigenvalue weighted by atomic mass is 16.5. The van der Waals surface area contributed by atoms with Gasteiger partial charge in [0.25, 0.3) is 0 Å². The predicted octanol–water partition coefficient (Wildman–Crippen LogP) is 1.24. The van der Waals surface area contributed by atoms with E-state index in [1.54, 1.807) is 12.3 Å². The van der Waals surface area contributed by atoms with E-state index in [0.29, 0.717) is 11.3 Å². The maximum absolute atomic E-state index is 9.17. The van der Waals surface area contributed by atoms with E-state index in [-0.39, 0.29) is 6.10 Å². The van der Waals surface area contributed by atoms with Crippen molar-refractivity contribution in [1.29, 1.82) is 5.26 Å². The van der Waals surface area contributed by atoms with Crippen LogP contribution in [0.25, 0.3) is 10.9 Å². The Morgan fingerprint density at radius 3 is 3.17 bits per heavy atom. The first-order valence-electron chi connectivity index (χ1n) is 5.88. The number of benzene rings is 1. The smallest absolute Gasteiger partial charge is 0.139 e. The number of aromatic nitrogens is 2. The number of hydrogen-bond acceptors (Lipinski definition) is 5. The van der Waals surface area contributed by atoms with Gasteiger partial charge in [0.15, 0.2) is 0 Å². The summed E-state index contributed by atoms with van der Waals surface area (Å²) in [6, 6.07) is 5.74. The van der Waals surface area contributed by atoms with Gasteiger partial charge in [0.05, 0.1) is 11.1 Å². The second-order valence-electron chi connectivity index (χ2n) is 4.27. The van der Waals surface area contributed by atoms with E-state index in [1.165, 1.54) is 6.33 Å². The van der Waals surface area contributed by atoms with Crippen molar-refractivity contribution in [2.24, 2.45) is 0 Å². The summed E-state index contributed by atoms with van der Waals surface area (Å²) < 4.78 is 5.86. The van der Waals surface area contributed by atoms with Crippen LogP contribution in [0.15, 0.2) is 24.7 Å². The zero-order chi connectivity index (χ0) is 12.4. The lowest BCUT2D eigenvalue weighted by atomic mass is 10.1. The second kappa shape index (κ2) is 4.59. The molecule has 0 radical (unpaired) electrons. The first kappa shape index (κ1) is 10.9. The van der Waals surface area contributed by atoms with E-state index in [2.05, 4.69) is 21.4 Å². The monoisotopic (exact) mass is 240 g/mol. The fourth-order valence-corrected chi connectivity index (χ4v) is 2.10. The maximum atomic E-state index is 9.17. The Kier molecular flexibility index (Phi) is 2.79. The molecule has 1 aliphatic heterocycles. The van der Waals surface area contributed by atoms with E-state index < -0.39 is 0 Å². The number of nitriles is 1. The molecule has 1 aromatic heterocycles. The Morgan fingerprint density at radius 2 is 2.39 bits per heavy atom. The number of ether oxygens (including phenoxy) is 1. The lowest BCUT2D eigenvalue weighted by Gasteiger charge is -2.14. The third-order valence-corrected chi connectivity index (χ3v) is 3.04. The molecule has 1 unspecified atom stereocenters. The van der Waals surface area contributed by atoms with Gasteiger partial charge in [-0.1, -0.05) is 0 Å². The van der Waals surface area contributed by atoms with Crippen LogP contribution in [0.3, 0.4) is 0 Å². The molecular formula is C13H12N4O. The molecule has 1 atom stereocenters. The minimum absolute atomic E-state index is 0.136. The van der Waals surface area contributed by atoms with Crippen molar-refractivity contribution in [2.45, 2.75) is 12.5 Å². The zero-order valence-corrected chi connectivity index (χ0v) is 9.76. The van der Waals surface area contributed by atoms with Crippen LogP contribution < -0.4 is 10.1 Å². The molecule has 0 amide bonds. The molecule has 90 valence electrons. The van der Waals surface area contributed by atoms with Crippen LogP contribution in [0, 0.1) is 11.3 Å². The second-order valence-corrected chi connectivity index (χ2v) is 4.27. The molecule has 0 saturated carbocycles. The van der Waals surface area contributed by atoms with Crippen LogP contribution in [0.1, 0.15) is 12.0 Å². The molecular weight excluding hydrogens is 228 g/mol. The first-order valence-corrected chi connectivity index (χ1v) is 5.88. The average Bonchev–Trinajstić information content (AvgIpc) is 2.91. The topological polar surface area (TPSA) is 70.8 Å². The van der Waals surface area contributed by atoms with Gasteiger partial charge in [-0.05, 0) is 19.0 Å². The van der Waals surface area contributed by atoms with Crippen molar-refractivity contribution in [2.75, 3.05) is 13.1 Å². The molecule has 1 fully saturated rings. The standard InChI is InChI=1S/C13H12N4O/c14-5-9-3-10-6-16-8-17-12(10)4-13(9)18-11-1-2-15-7-11/h3-4,6,8,11,15H,1-2,7H2. The predicted molar refractivity (Wildman–Crippen MR) is 66.2 cm³/mol. The summed E-state index contributed by atoms with van der Waals surface area (Å²) >= 11 is 0. The number of nitrogens with zero attached hydrogens (tertiary/aromatic N) is 3. The number of hydrogen-bond donors (Lipinski definition) is 1. The summed E-state index contributed by atoms with van der Waals surface area (Å²) in [7, 11) is 0. The van der Waals surface area contributed by atoms with Crippen molar-refractivity contribution in [3.05, 3.63) is 30.2 Å². The number of fused-ring (bicyclic) bond motifs is 1. The van der Waals surface area contributed by atoms with Gasteiger partial charge in [0.2, 0.25) is 0 Å². The van der Waals surface area contributed by atoms with E-state index in [0.717, 1.165) is 30.4 Å². The Labute approximate surface area is 104 Å². The van der Waals surface area contributed by atoms with Gasteiger partial charge in [-0.25, -0.2) is 9.97 Å². The lowest BCUT2D eigenvalue weighted by molar-refractivity contribution is 0.222. The summed E-state index contributed by atoms with van der Waals surface area (Å²) in [5.74, 6) is 0.609. The molecule has 2 aromatic rings. The molecule has 0 aliphatic carbocycles. The van der Waals surface area contributed by atoms with Crippen molar-refractivity contribution in [3.63, 3.8) is 0 Å². The molecule has 1 aromatic carbocycles. The highest BCUT2D eigenvalue weighted by Crippen LogP contribution is 2.25. The lowest BCUT2D eigenvalue weighted by Crippen LogP contribution is -2.20. The maximum Gasteiger partial charge on any atom is 0.139 e. The van der Waals surface area contributed by atoms with Gasteiger partial charge in [-0.2, -0.15) is 5.26 Å². The third-order valence-electron chi connectivity index (χ3n) is 3.04. The summed E-state index contributed by atoms with van der Waals surface area (Å²) in [6.45, 7) is 1.79. The van der Waals surface area contributed by atoms with Gasteiger partial charge in [0.1, 0.15) is 24.3 Å². The molecule has 0 bridgehead atoms. The van der Waals surface area contributed by atoms with Crippen molar-refractivity contribution < 1.29 is 4.74 Å². The molecule has 2 heterocycles. The molecule has 0 spiro atoms. The van der Waals surface area contributed by atoms with Gasteiger partial charge >= 0.3 is 0 Å². The fraction of sp³-hybridized carbons (Fsp3) is 0.308. The van der Waals surface area contributed by atoms with Gasteiger partial charge in [0, 0.05) is 24.2 Å². The van der Waals surface area contributed by atoms with Crippen molar-refractivity contribution >= 4 is 10.9 Å². The molecule has 1 saturated heterocycles. The normalized spacial score (nSPS) is 18.7. The molecule has 3 rings (SSSR count). The zero-order valence-electron chi connectivity index (χ0n) is 9.76. The van der Waals surface area contributed by atoms with Crippen LogP contribution in [-0.4, -0.2) is 29.2 Å². The highest BCUT2D eigenvalue weighted by Gasteiger charge is 2.18. The Balaban J connectivity index is 2.01. The average molecular weight is 240 g/mol. The minimum Gasteiger partial charge on any atom is -0.488 e. The first-order chi connectivity index (χ1) is 8.86. The Hall–Kier alpha value is -2.19. The van der Waals surface area contributed by atoms with E-state index >= 15 is 0 Å². The van der Waals surface area contributed by atoms with E-state index in [4.69, 9.17) is 10.00 Å². The summed E-state index contributed by atoms with van der Waals surface area (Å²) in [5.41, 5.74) is 1.33. The van der Waals surface area contributed by atoms with Crippen LogP contribution in [-0.2, 0) is 0 Å². The third kappa shape index (κ3) is 1.98. The van der Waals surface area contributed by atoms with Crippen LogP contribution in [0.2, 0.25) is 0 Å². The molecule has 1 N–H and O–H groups in total. The van der Waals surface area contributed by atoms with Gasteiger partial charge < -0.3 is 10.1 Å². The molecule has 5 heteroatoms. The SMILES string of the molecule is N#Cc1cc2cncnc2cc1OC1CCNC1. The Bertz CT molecular complexity index is 614. The number of rotatable bonds is 2. The van der Waals surface area contributed by atoms with Crippen LogP contribution in [0.5, 0.6) is 5.75 Å². The summed E-state index contributed by atoms with van der Waals surface area (Å²) in [4.78, 5) is 8.13. The molecule has 1 aliphatic rings. The van der Waals surface area contributed by atoms with Gasteiger partial charge in [-0.3, -0.25) is 0 Å².